The molecule has 0 aromatic carbocycles. The highest BCUT2D eigenvalue weighted by Crippen LogP contribution is 2.23. The summed E-state index contributed by atoms with van der Waals surface area (Å²) < 4.78 is 1.96. The summed E-state index contributed by atoms with van der Waals surface area (Å²) in [4.78, 5) is 16.1. The Bertz CT molecular complexity index is 339. The van der Waals surface area contributed by atoms with Gasteiger partial charge in [-0.2, -0.15) is 0 Å². The molecule has 3 heteroatoms. The van der Waals surface area contributed by atoms with E-state index in [9.17, 15) is 4.79 Å². The van der Waals surface area contributed by atoms with Crippen LogP contribution < -0.4 is 0 Å². The van der Waals surface area contributed by atoms with Crippen LogP contribution in [0.5, 0.6) is 0 Å². The van der Waals surface area contributed by atoms with Gasteiger partial charge in [0.15, 0.2) is 0 Å². The summed E-state index contributed by atoms with van der Waals surface area (Å²) in [6.07, 6.45) is 5.90. The summed E-state index contributed by atoms with van der Waals surface area (Å²) in [7, 11) is 1.96. The van der Waals surface area contributed by atoms with Gasteiger partial charge in [0.25, 0.3) is 0 Å². The molecule has 84 valence electrons. The first-order chi connectivity index (χ1) is 6.97. The van der Waals surface area contributed by atoms with E-state index >= 15 is 0 Å². The molecule has 0 saturated heterocycles. The zero-order valence-corrected chi connectivity index (χ0v) is 10.1. The Morgan fingerprint density at radius 3 is 2.67 bits per heavy atom. The highest BCUT2D eigenvalue weighted by molar-refractivity contribution is 5.84. The van der Waals surface area contributed by atoms with E-state index in [4.69, 9.17) is 0 Å². The molecule has 1 heterocycles. The number of imidazole rings is 1. The summed E-state index contributed by atoms with van der Waals surface area (Å²) >= 11 is 0. The van der Waals surface area contributed by atoms with E-state index in [2.05, 4.69) is 11.9 Å². The lowest BCUT2D eigenvalue weighted by molar-refractivity contribution is -0.127. The Labute approximate surface area is 91.5 Å². The molecule has 3 nitrogen and oxygen atoms in total. The quantitative estimate of drug-likeness (QED) is 0.744. The summed E-state index contributed by atoms with van der Waals surface area (Å²) in [6, 6.07) is 0. The van der Waals surface area contributed by atoms with Crippen LogP contribution in [0.2, 0.25) is 0 Å². The third-order valence-corrected chi connectivity index (χ3v) is 3.14. The SMILES string of the molecule is CCC(C)(C)C(=O)CCc1nccn1C. The van der Waals surface area contributed by atoms with Gasteiger partial charge >= 0.3 is 0 Å². The van der Waals surface area contributed by atoms with Crippen LogP contribution in [-0.2, 0) is 18.3 Å². The first kappa shape index (κ1) is 12.0. The number of hydrogen-bond acceptors (Lipinski definition) is 2. The van der Waals surface area contributed by atoms with Gasteiger partial charge in [0, 0.05) is 37.7 Å². The number of Topliss-reactive ketones (excluding diaryl/α,β-unsaturated/α-hetero) is 1. The van der Waals surface area contributed by atoms with E-state index in [-0.39, 0.29) is 5.41 Å². The van der Waals surface area contributed by atoms with E-state index in [0.717, 1.165) is 18.7 Å². The molecule has 0 spiro atoms. The van der Waals surface area contributed by atoms with Crippen LogP contribution in [0.1, 0.15) is 39.4 Å². The summed E-state index contributed by atoms with van der Waals surface area (Å²) in [5.41, 5.74) is -0.189. The van der Waals surface area contributed by atoms with Crippen LogP contribution in [-0.4, -0.2) is 15.3 Å². The molecule has 1 aromatic rings. The molecule has 0 N–H and O–H groups in total. The van der Waals surface area contributed by atoms with Crippen molar-refractivity contribution in [3.05, 3.63) is 18.2 Å². The van der Waals surface area contributed by atoms with Crippen LogP contribution in [0.15, 0.2) is 12.4 Å². The smallest absolute Gasteiger partial charge is 0.138 e. The molecule has 0 atom stereocenters. The number of rotatable bonds is 5. The predicted molar refractivity (Wildman–Crippen MR) is 60.6 cm³/mol. The van der Waals surface area contributed by atoms with Crippen LogP contribution in [0.3, 0.4) is 0 Å². The maximum Gasteiger partial charge on any atom is 0.138 e. The van der Waals surface area contributed by atoms with Crippen molar-refractivity contribution in [2.45, 2.75) is 40.0 Å². The van der Waals surface area contributed by atoms with Crippen molar-refractivity contribution in [2.75, 3.05) is 0 Å². The average Bonchev–Trinajstić information content (AvgIpc) is 2.60. The fourth-order valence-electron chi connectivity index (χ4n) is 1.40. The minimum absolute atomic E-state index is 0.189. The summed E-state index contributed by atoms with van der Waals surface area (Å²) in [5.74, 6) is 1.31. The lowest BCUT2D eigenvalue weighted by Crippen LogP contribution is -2.23. The molecule has 0 aliphatic carbocycles. The van der Waals surface area contributed by atoms with E-state index in [1.165, 1.54) is 0 Å². The minimum Gasteiger partial charge on any atom is -0.338 e. The van der Waals surface area contributed by atoms with E-state index < -0.39 is 0 Å². The van der Waals surface area contributed by atoms with Crippen molar-refractivity contribution in [2.24, 2.45) is 12.5 Å². The molecular weight excluding hydrogens is 188 g/mol. The number of aryl methyl sites for hydroxylation is 2. The van der Waals surface area contributed by atoms with E-state index in [1.54, 1.807) is 6.20 Å². The molecule has 0 unspecified atom stereocenters. The molecular formula is C12H20N2O. The zero-order valence-electron chi connectivity index (χ0n) is 10.1. The third kappa shape index (κ3) is 2.91. The Kier molecular flexibility index (Phi) is 3.66. The van der Waals surface area contributed by atoms with Gasteiger partial charge < -0.3 is 4.57 Å². The van der Waals surface area contributed by atoms with Crippen LogP contribution in [0.25, 0.3) is 0 Å². The normalized spacial score (nSPS) is 11.7. The standard InChI is InChI=1S/C12H20N2O/c1-5-12(2,3)10(15)6-7-11-13-8-9-14(11)4/h8-9H,5-7H2,1-4H3. The van der Waals surface area contributed by atoms with Crippen molar-refractivity contribution >= 4 is 5.78 Å². The number of aromatic nitrogens is 2. The van der Waals surface area contributed by atoms with Gasteiger partial charge in [-0.1, -0.05) is 20.8 Å². The Morgan fingerprint density at radius 1 is 1.53 bits per heavy atom. The van der Waals surface area contributed by atoms with Crippen molar-refractivity contribution in [3.63, 3.8) is 0 Å². The van der Waals surface area contributed by atoms with Crippen molar-refractivity contribution in [1.29, 1.82) is 0 Å². The van der Waals surface area contributed by atoms with Gasteiger partial charge in [-0.05, 0) is 6.42 Å². The third-order valence-electron chi connectivity index (χ3n) is 3.14. The highest BCUT2D eigenvalue weighted by atomic mass is 16.1. The lowest BCUT2D eigenvalue weighted by atomic mass is 9.83. The Hall–Kier alpha value is -1.12. The molecule has 0 fully saturated rings. The Morgan fingerprint density at radius 2 is 2.20 bits per heavy atom. The fraction of sp³-hybridized carbons (Fsp3) is 0.667. The minimum atomic E-state index is -0.189. The topological polar surface area (TPSA) is 34.9 Å². The Balaban J connectivity index is 2.52. The molecule has 1 rings (SSSR count). The molecule has 0 saturated carbocycles. The van der Waals surface area contributed by atoms with Crippen molar-refractivity contribution in [1.82, 2.24) is 9.55 Å². The number of nitrogens with zero attached hydrogens (tertiary/aromatic N) is 2. The molecule has 0 aliphatic heterocycles. The van der Waals surface area contributed by atoms with Crippen molar-refractivity contribution in [3.8, 4) is 0 Å². The first-order valence-corrected chi connectivity index (χ1v) is 5.47. The molecule has 0 bridgehead atoms. The predicted octanol–water partition coefficient (Wildman–Crippen LogP) is 2.36. The fourth-order valence-corrected chi connectivity index (χ4v) is 1.40. The molecule has 0 aliphatic rings. The monoisotopic (exact) mass is 208 g/mol. The lowest BCUT2D eigenvalue weighted by Gasteiger charge is -2.20. The van der Waals surface area contributed by atoms with Crippen LogP contribution >= 0.6 is 0 Å². The largest absolute Gasteiger partial charge is 0.338 e. The second kappa shape index (κ2) is 4.60. The second-order valence-electron chi connectivity index (χ2n) is 4.61. The van der Waals surface area contributed by atoms with E-state index in [1.807, 2.05) is 31.7 Å². The van der Waals surface area contributed by atoms with Crippen LogP contribution in [0.4, 0.5) is 0 Å². The zero-order chi connectivity index (χ0) is 11.5. The summed E-state index contributed by atoms with van der Waals surface area (Å²) in [6.45, 7) is 6.07. The number of carbonyl (C=O) groups excluding carboxylic acids is 1. The molecule has 15 heavy (non-hydrogen) atoms. The van der Waals surface area contributed by atoms with Crippen molar-refractivity contribution < 1.29 is 4.79 Å². The summed E-state index contributed by atoms with van der Waals surface area (Å²) in [5, 5.41) is 0. The molecule has 0 radical (unpaired) electrons. The van der Waals surface area contributed by atoms with E-state index in [0.29, 0.717) is 12.2 Å². The van der Waals surface area contributed by atoms with Gasteiger partial charge in [0.05, 0.1) is 0 Å². The van der Waals surface area contributed by atoms with Gasteiger partial charge in [-0.3, -0.25) is 4.79 Å². The van der Waals surface area contributed by atoms with Crippen LogP contribution in [0, 0.1) is 5.41 Å². The second-order valence-corrected chi connectivity index (χ2v) is 4.61. The number of hydrogen-bond donors (Lipinski definition) is 0. The maximum atomic E-state index is 11.9. The molecule has 0 amide bonds. The highest BCUT2D eigenvalue weighted by Gasteiger charge is 2.24. The molecule has 1 aromatic heterocycles. The first-order valence-electron chi connectivity index (χ1n) is 5.47. The van der Waals surface area contributed by atoms with Gasteiger partial charge in [0.2, 0.25) is 0 Å². The average molecular weight is 208 g/mol. The van der Waals surface area contributed by atoms with Gasteiger partial charge in [0.1, 0.15) is 11.6 Å². The van der Waals surface area contributed by atoms with Gasteiger partial charge in [-0.25, -0.2) is 4.98 Å². The van der Waals surface area contributed by atoms with Gasteiger partial charge in [-0.15, -0.1) is 0 Å². The maximum absolute atomic E-state index is 11.9. The number of carbonyl (C=O) groups is 1. The number of ketones is 1.